The van der Waals surface area contributed by atoms with Crippen LogP contribution in [0.5, 0.6) is 0 Å². The molecule has 1 rings (SSSR count). The molecule has 0 atom stereocenters. The van der Waals surface area contributed by atoms with E-state index >= 15 is 0 Å². The van der Waals surface area contributed by atoms with Gasteiger partial charge in [-0.15, -0.1) is 0 Å². The molecule has 0 aliphatic heterocycles. The Morgan fingerprint density at radius 2 is 1.42 bits per heavy atom. The summed E-state index contributed by atoms with van der Waals surface area (Å²) in [4.78, 5) is 5.24. The van der Waals surface area contributed by atoms with Crippen LogP contribution in [0.1, 0.15) is 37.9 Å². The van der Waals surface area contributed by atoms with Crippen molar-refractivity contribution in [2.45, 2.75) is 52.5 Å². The number of rotatable bonds is 6. The van der Waals surface area contributed by atoms with Crippen molar-refractivity contribution in [3.05, 3.63) is 28.0 Å². The minimum absolute atomic E-state index is 0.00171. The van der Waals surface area contributed by atoms with Gasteiger partial charge in [0, 0.05) is 25.3 Å². The maximum absolute atomic E-state index is 12.3. The number of hydrogen-bond acceptors (Lipinski definition) is 2. The molecule has 0 saturated heterocycles. The number of hydrogen-bond donors (Lipinski definition) is 0. The first-order valence-corrected chi connectivity index (χ1v) is 8.23. The molecule has 0 aliphatic carbocycles. The molecular weight excluding hydrogens is 402 g/mol. The first-order valence-electron chi connectivity index (χ1n) is 7.44. The summed E-state index contributed by atoms with van der Waals surface area (Å²) in [6.45, 7) is 4.70. The molecule has 0 aliphatic rings. The standard InChI is InChI=1S/C13H15BrF6N2.C2H6/c1-9-10(2-3-11(14)21-9)8-22(6-4-12(15,16)17)7-5-13(18,19)20;1-2/h2-3H,4-8H2,1H3;1-2H3. The fraction of sp³-hybridized carbons (Fsp3) is 0.667. The monoisotopic (exact) mass is 422 g/mol. The van der Waals surface area contributed by atoms with Gasteiger partial charge in [-0.05, 0) is 34.5 Å². The molecule has 0 spiro atoms. The Labute approximate surface area is 146 Å². The summed E-state index contributed by atoms with van der Waals surface area (Å²) in [7, 11) is 0. The molecule has 0 saturated carbocycles. The van der Waals surface area contributed by atoms with Crippen LogP contribution in [-0.2, 0) is 6.54 Å². The van der Waals surface area contributed by atoms with Crippen molar-refractivity contribution in [1.82, 2.24) is 9.88 Å². The molecule has 1 heterocycles. The van der Waals surface area contributed by atoms with Crippen molar-refractivity contribution in [2.75, 3.05) is 13.1 Å². The maximum atomic E-state index is 12.3. The predicted molar refractivity (Wildman–Crippen MR) is 84.6 cm³/mol. The summed E-state index contributed by atoms with van der Waals surface area (Å²) >= 11 is 3.15. The Bertz CT molecular complexity index is 470. The molecule has 1 aromatic heterocycles. The number of halogens is 7. The molecule has 0 bridgehead atoms. The third-order valence-corrected chi connectivity index (χ3v) is 3.42. The van der Waals surface area contributed by atoms with Crippen LogP contribution in [0.3, 0.4) is 0 Å². The summed E-state index contributed by atoms with van der Waals surface area (Å²) < 4.78 is 74.3. The van der Waals surface area contributed by atoms with Crippen LogP contribution in [0.4, 0.5) is 26.3 Å². The van der Waals surface area contributed by atoms with Crippen molar-refractivity contribution in [1.29, 1.82) is 0 Å². The largest absolute Gasteiger partial charge is 0.390 e. The van der Waals surface area contributed by atoms with E-state index in [-0.39, 0.29) is 6.54 Å². The molecule has 2 nitrogen and oxygen atoms in total. The van der Waals surface area contributed by atoms with E-state index in [0.717, 1.165) is 4.90 Å². The number of aryl methyl sites for hydroxylation is 1. The van der Waals surface area contributed by atoms with Crippen molar-refractivity contribution in [2.24, 2.45) is 0 Å². The fourth-order valence-corrected chi connectivity index (χ4v) is 2.21. The van der Waals surface area contributed by atoms with Gasteiger partial charge >= 0.3 is 12.4 Å². The second-order valence-electron chi connectivity index (χ2n) is 4.89. The minimum atomic E-state index is -4.40. The Balaban J connectivity index is 0.00000254. The van der Waals surface area contributed by atoms with Crippen LogP contribution in [-0.4, -0.2) is 35.3 Å². The van der Waals surface area contributed by atoms with Gasteiger partial charge in [-0.1, -0.05) is 19.9 Å². The summed E-state index contributed by atoms with van der Waals surface area (Å²) in [5.74, 6) is 0. The van der Waals surface area contributed by atoms with E-state index in [2.05, 4.69) is 20.9 Å². The van der Waals surface area contributed by atoms with Gasteiger partial charge in [0.2, 0.25) is 0 Å². The van der Waals surface area contributed by atoms with Gasteiger partial charge in [0.05, 0.1) is 12.8 Å². The second kappa shape index (κ2) is 10.2. The van der Waals surface area contributed by atoms with E-state index in [1.54, 1.807) is 19.1 Å². The Kier molecular flexibility index (Phi) is 9.87. The van der Waals surface area contributed by atoms with E-state index < -0.39 is 38.3 Å². The highest BCUT2D eigenvalue weighted by Gasteiger charge is 2.31. The third-order valence-electron chi connectivity index (χ3n) is 2.98. The van der Waals surface area contributed by atoms with E-state index in [0.29, 0.717) is 15.9 Å². The van der Waals surface area contributed by atoms with Gasteiger partial charge in [-0.2, -0.15) is 26.3 Å². The Hall–Kier alpha value is -0.830. The minimum Gasteiger partial charge on any atom is -0.298 e. The van der Waals surface area contributed by atoms with Gasteiger partial charge in [-0.3, -0.25) is 4.90 Å². The van der Waals surface area contributed by atoms with Gasteiger partial charge in [0.15, 0.2) is 0 Å². The quantitative estimate of drug-likeness (QED) is 0.419. The van der Waals surface area contributed by atoms with Crippen molar-refractivity contribution in [3.63, 3.8) is 0 Å². The summed E-state index contributed by atoms with van der Waals surface area (Å²) in [6.07, 6.45) is -11.1. The van der Waals surface area contributed by atoms with Gasteiger partial charge in [0.25, 0.3) is 0 Å². The fourth-order valence-electron chi connectivity index (χ4n) is 1.81. The lowest BCUT2D eigenvalue weighted by Crippen LogP contribution is -2.31. The number of aromatic nitrogens is 1. The Morgan fingerprint density at radius 1 is 0.958 bits per heavy atom. The molecule has 0 amide bonds. The van der Waals surface area contributed by atoms with Crippen LogP contribution < -0.4 is 0 Å². The molecule has 9 heteroatoms. The average molecular weight is 423 g/mol. The Morgan fingerprint density at radius 3 is 1.79 bits per heavy atom. The first kappa shape index (κ1) is 23.2. The first-order chi connectivity index (χ1) is 11.0. The van der Waals surface area contributed by atoms with Crippen molar-refractivity contribution >= 4 is 15.9 Å². The lowest BCUT2D eigenvalue weighted by molar-refractivity contribution is -0.146. The van der Waals surface area contributed by atoms with Crippen LogP contribution >= 0.6 is 15.9 Å². The maximum Gasteiger partial charge on any atom is 0.390 e. The van der Waals surface area contributed by atoms with Gasteiger partial charge in [0.1, 0.15) is 4.60 Å². The third kappa shape index (κ3) is 10.9. The highest BCUT2D eigenvalue weighted by Crippen LogP contribution is 2.24. The zero-order valence-corrected chi connectivity index (χ0v) is 15.3. The zero-order chi connectivity index (χ0) is 19.0. The van der Waals surface area contributed by atoms with Crippen LogP contribution in [0.2, 0.25) is 0 Å². The molecule has 0 fully saturated rings. The number of pyridine rings is 1. The van der Waals surface area contributed by atoms with E-state index in [9.17, 15) is 26.3 Å². The van der Waals surface area contributed by atoms with Gasteiger partial charge < -0.3 is 0 Å². The molecule has 0 unspecified atom stereocenters. The van der Waals surface area contributed by atoms with E-state index in [4.69, 9.17) is 0 Å². The van der Waals surface area contributed by atoms with E-state index in [1.165, 1.54) is 0 Å². The highest BCUT2D eigenvalue weighted by molar-refractivity contribution is 9.10. The molecular formula is C15H21BrF6N2. The number of nitrogens with zero attached hydrogens (tertiary/aromatic N) is 2. The topological polar surface area (TPSA) is 16.1 Å². The molecule has 0 N–H and O–H groups in total. The molecule has 0 radical (unpaired) electrons. The molecule has 24 heavy (non-hydrogen) atoms. The summed E-state index contributed by atoms with van der Waals surface area (Å²) in [6, 6.07) is 3.24. The SMILES string of the molecule is CC.Cc1nc(Br)ccc1CN(CCC(F)(F)F)CCC(F)(F)F. The normalized spacial score (nSPS) is 12.1. The molecule has 1 aromatic rings. The van der Waals surface area contributed by atoms with Crippen LogP contribution in [0.15, 0.2) is 16.7 Å². The van der Waals surface area contributed by atoms with Gasteiger partial charge in [-0.25, -0.2) is 4.98 Å². The van der Waals surface area contributed by atoms with Crippen LogP contribution in [0.25, 0.3) is 0 Å². The highest BCUT2D eigenvalue weighted by atomic mass is 79.9. The van der Waals surface area contributed by atoms with Crippen molar-refractivity contribution in [3.8, 4) is 0 Å². The van der Waals surface area contributed by atoms with Crippen molar-refractivity contribution < 1.29 is 26.3 Å². The number of alkyl halides is 6. The molecule has 0 aromatic carbocycles. The lowest BCUT2D eigenvalue weighted by Gasteiger charge is -2.24. The van der Waals surface area contributed by atoms with Crippen LogP contribution in [0, 0.1) is 6.92 Å². The average Bonchev–Trinajstić information content (AvgIpc) is 2.44. The zero-order valence-electron chi connectivity index (χ0n) is 13.7. The van der Waals surface area contributed by atoms with E-state index in [1.807, 2.05) is 13.8 Å². The lowest BCUT2D eigenvalue weighted by atomic mass is 10.2. The summed E-state index contributed by atoms with van der Waals surface area (Å²) in [5.41, 5.74) is 1.17. The second-order valence-corrected chi connectivity index (χ2v) is 5.70. The molecule has 140 valence electrons. The smallest absolute Gasteiger partial charge is 0.298 e. The predicted octanol–water partition coefficient (Wildman–Crippen LogP) is 5.89. The summed E-state index contributed by atoms with van der Waals surface area (Å²) in [5, 5.41) is 0.